The molecule has 1 aliphatic heterocycles. The molecule has 18 heavy (non-hydrogen) atoms. The molecule has 0 amide bonds. The van der Waals surface area contributed by atoms with Gasteiger partial charge >= 0.3 is 0 Å². The Morgan fingerprint density at radius 3 is 3.11 bits per heavy atom. The normalized spacial score (nSPS) is 19.4. The lowest BCUT2D eigenvalue weighted by Gasteiger charge is -2.26. The lowest BCUT2D eigenvalue weighted by molar-refractivity contribution is 0.698. The SMILES string of the molecule is Cc1nc(C2CCCN2c2ccncc2Cl)cs1. The Hall–Kier alpha value is -1.13. The maximum atomic E-state index is 6.24. The highest BCUT2D eigenvalue weighted by atomic mass is 35.5. The van der Waals surface area contributed by atoms with Crippen LogP contribution in [0, 0.1) is 6.92 Å². The number of hydrogen-bond acceptors (Lipinski definition) is 4. The Morgan fingerprint density at radius 1 is 1.50 bits per heavy atom. The molecule has 2 aromatic rings. The summed E-state index contributed by atoms with van der Waals surface area (Å²) in [5.74, 6) is 0. The van der Waals surface area contributed by atoms with Crippen molar-refractivity contribution >= 4 is 28.6 Å². The van der Waals surface area contributed by atoms with E-state index in [0.717, 1.165) is 28.7 Å². The summed E-state index contributed by atoms with van der Waals surface area (Å²) in [6.45, 7) is 3.08. The van der Waals surface area contributed by atoms with E-state index in [9.17, 15) is 0 Å². The zero-order chi connectivity index (χ0) is 12.5. The van der Waals surface area contributed by atoms with Gasteiger partial charge in [0.15, 0.2) is 0 Å². The van der Waals surface area contributed by atoms with Gasteiger partial charge < -0.3 is 4.90 Å². The van der Waals surface area contributed by atoms with E-state index in [4.69, 9.17) is 11.6 Å². The molecule has 1 saturated heterocycles. The van der Waals surface area contributed by atoms with Crippen LogP contribution in [-0.2, 0) is 0 Å². The summed E-state index contributed by atoms with van der Waals surface area (Å²) in [4.78, 5) is 11.0. The van der Waals surface area contributed by atoms with Crippen LogP contribution in [0.3, 0.4) is 0 Å². The summed E-state index contributed by atoms with van der Waals surface area (Å²) in [6, 6.07) is 2.34. The van der Waals surface area contributed by atoms with Gasteiger partial charge in [-0.2, -0.15) is 0 Å². The lowest BCUT2D eigenvalue weighted by atomic mass is 10.1. The molecular weight excluding hydrogens is 266 g/mol. The van der Waals surface area contributed by atoms with Gasteiger partial charge in [-0.15, -0.1) is 11.3 Å². The third kappa shape index (κ3) is 2.10. The first-order chi connectivity index (χ1) is 8.75. The summed E-state index contributed by atoms with van der Waals surface area (Å²) in [5, 5.41) is 4.00. The van der Waals surface area contributed by atoms with Gasteiger partial charge in [-0.25, -0.2) is 4.98 Å². The number of aromatic nitrogens is 2. The van der Waals surface area contributed by atoms with Crippen molar-refractivity contribution in [2.24, 2.45) is 0 Å². The highest BCUT2D eigenvalue weighted by molar-refractivity contribution is 7.09. The Bertz CT molecular complexity index is 555. The smallest absolute Gasteiger partial charge is 0.0898 e. The third-order valence-electron chi connectivity index (χ3n) is 3.29. The van der Waals surface area contributed by atoms with E-state index in [0.29, 0.717) is 6.04 Å². The number of rotatable bonds is 2. The van der Waals surface area contributed by atoms with Gasteiger partial charge in [0.2, 0.25) is 0 Å². The summed E-state index contributed by atoms with van der Waals surface area (Å²) in [6.07, 6.45) is 5.82. The fourth-order valence-electron chi connectivity index (χ4n) is 2.50. The van der Waals surface area contributed by atoms with Crippen LogP contribution in [0.5, 0.6) is 0 Å². The molecule has 0 aromatic carbocycles. The van der Waals surface area contributed by atoms with Crippen molar-refractivity contribution in [3.63, 3.8) is 0 Å². The van der Waals surface area contributed by atoms with E-state index in [1.54, 1.807) is 23.7 Å². The Balaban J connectivity index is 1.94. The standard InChI is InChI=1S/C13H14ClN3S/c1-9-16-11(8-18-9)13-3-2-6-17(13)12-4-5-15-7-10(12)14/h4-5,7-8,13H,2-3,6H2,1H3. The largest absolute Gasteiger partial charge is 0.362 e. The molecule has 1 fully saturated rings. The van der Waals surface area contributed by atoms with E-state index < -0.39 is 0 Å². The van der Waals surface area contributed by atoms with E-state index >= 15 is 0 Å². The summed E-state index contributed by atoms with van der Waals surface area (Å²) < 4.78 is 0. The summed E-state index contributed by atoms with van der Waals surface area (Å²) in [7, 11) is 0. The second-order valence-corrected chi connectivity index (χ2v) is 5.94. The number of anilines is 1. The molecule has 0 saturated carbocycles. The molecule has 0 radical (unpaired) electrons. The van der Waals surface area contributed by atoms with Crippen molar-refractivity contribution in [1.82, 2.24) is 9.97 Å². The molecule has 3 rings (SSSR count). The van der Waals surface area contributed by atoms with E-state index in [1.165, 1.54) is 12.1 Å². The maximum absolute atomic E-state index is 6.24. The molecule has 5 heteroatoms. The van der Waals surface area contributed by atoms with Gasteiger partial charge in [0.1, 0.15) is 0 Å². The third-order valence-corrected chi connectivity index (χ3v) is 4.37. The zero-order valence-electron chi connectivity index (χ0n) is 10.1. The fourth-order valence-corrected chi connectivity index (χ4v) is 3.38. The Labute approximate surface area is 115 Å². The predicted octanol–water partition coefficient (Wildman–Crippen LogP) is 3.84. The van der Waals surface area contributed by atoms with Crippen molar-refractivity contribution in [2.75, 3.05) is 11.4 Å². The number of halogens is 1. The number of aryl methyl sites for hydroxylation is 1. The minimum Gasteiger partial charge on any atom is -0.362 e. The number of pyridine rings is 1. The lowest BCUT2D eigenvalue weighted by Crippen LogP contribution is -2.23. The van der Waals surface area contributed by atoms with Gasteiger partial charge in [0.05, 0.1) is 27.5 Å². The Kier molecular flexibility index (Phi) is 3.22. The summed E-state index contributed by atoms with van der Waals surface area (Å²) >= 11 is 7.95. The van der Waals surface area contributed by atoms with E-state index in [2.05, 4.69) is 20.2 Å². The van der Waals surface area contributed by atoms with Crippen molar-refractivity contribution < 1.29 is 0 Å². The topological polar surface area (TPSA) is 29.0 Å². The molecule has 0 aliphatic carbocycles. The van der Waals surface area contributed by atoms with Crippen molar-refractivity contribution in [2.45, 2.75) is 25.8 Å². The van der Waals surface area contributed by atoms with Crippen LogP contribution in [0.4, 0.5) is 5.69 Å². The van der Waals surface area contributed by atoms with E-state index in [1.807, 2.05) is 13.0 Å². The first-order valence-corrected chi connectivity index (χ1v) is 7.29. The monoisotopic (exact) mass is 279 g/mol. The van der Waals surface area contributed by atoms with Crippen LogP contribution in [0.2, 0.25) is 5.02 Å². The predicted molar refractivity (Wildman–Crippen MR) is 75.4 cm³/mol. The average Bonchev–Trinajstić information content (AvgIpc) is 2.98. The van der Waals surface area contributed by atoms with Crippen molar-refractivity contribution in [3.05, 3.63) is 39.6 Å². The van der Waals surface area contributed by atoms with Gasteiger partial charge in [-0.3, -0.25) is 4.98 Å². The average molecular weight is 280 g/mol. The molecule has 0 spiro atoms. The molecule has 0 bridgehead atoms. The van der Waals surface area contributed by atoms with Gasteiger partial charge in [0.25, 0.3) is 0 Å². The molecule has 3 nitrogen and oxygen atoms in total. The van der Waals surface area contributed by atoms with Crippen molar-refractivity contribution in [3.8, 4) is 0 Å². The number of thiazole rings is 1. The molecule has 3 heterocycles. The first kappa shape index (κ1) is 11.9. The minimum absolute atomic E-state index is 0.356. The van der Waals surface area contributed by atoms with Gasteiger partial charge in [-0.1, -0.05) is 11.6 Å². The fraction of sp³-hybridized carbons (Fsp3) is 0.385. The van der Waals surface area contributed by atoms with Crippen LogP contribution >= 0.6 is 22.9 Å². The van der Waals surface area contributed by atoms with Crippen LogP contribution < -0.4 is 4.90 Å². The Morgan fingerprint density at radius 2 is 2.39 bits per heavy atom. The second kappa shape index (κ2) is 4.86. The maximum Gasteiger partial charge on any atom is 0.0898 e. The number of hydrogen-bond donors (Lipinski definition) is 0. The van der Waals surface area contributed by atoms with Crippen LogP contribution in [0.25, 0.3) is 0 Å². The molecule has 1 atom stereocenters. The highest BCUT2D eigenvalue weighted by Crippen LogP contribution is 2.38. The molecular formula is C13H14ClN3S. The second-order valence-electron chi connectivity index (χ2n) is 4.47. The van der Waals surface area contributed by atoms with E-state index in [-0.39, 0.29) is 0 Å². The molecule has 1 aliphatic rings. The van der Waals surface area contributed by atoms with Crippen LogP contribution in [0.15, 0.2) is 23.8 Å². The van der Waals surface area contributed by atoms with Gasteiger partial charge in [0, 0.05) is 24.3 Å². The molecule has 94 valence electrons. The van der Waals surface area contributed by atoms with Crippen LogP contribution in [-0.4, -0.2) is 16.5 Å². The zero-order valence-corrected chi connectivity index (χ0v) is 11.7. The molecule has 1 unspecified atom stereocenters. The van der Waals surface area contributed by atoms with Crippen LogP contribution in [0.1, 0.15) is 29.6 Å². The van der Waals surface area contributed by atoms with Crippen molar-refractivity contribution in [1.29, 1.82) is 0 Å². The first-order valence-electron chi connectivity index (χ1n) is 6.04. The summed E-state index contributed by atoms with van der Waals surface area (Å²) in [5.41, 5.74) is 2.24. The highest BCUT2D eigenvalue weighted by Gasteiger charge is 2.29. The number of nitrogens with zero attached hydrogens (tertiary/aromatic N) is 3. The molecule has 0 N–H and O–H groups in total. The quantitative estimate of drug-likeness (QED) is 0.836. The molecule has 2 aromatic heterocycles. The van der Waals surface area contributed by atoms with Gasteiger partial charge in [-0.05, 0) is 25.8 Å². The minimum atomic E-state index is 0.356.